The highest BCUT2D eigenvalue weighted by atomic mass is 35.5. The third-order valence-corrected chi connectivity index (χ3v) is 7.49. The molecule has 0 saturated heterocycles. The van der Waals surface area contributed by atoms with Gasteiger partial charge >= 0.3 is 12.0 Å². The Hall–Kier alpha value is -3.65. The molecule has 0 aliphatic heterocycles. The zero-order valence-electron chi connectivity index (χ0n) is 19.5. The topological polar surface area (TPSA) is 150 Å². The highest BCUT2D eigenvalue weighted by Gasteiger charge is 2.27. The molecule has 0 spiro atoms. The fourth-order valence-electron chi connectivity index (χ4n) is 3.35. The molecule has 3 rings (SSSR count). The normalized spacial score (nSPS) is 11.5. The first-order valence-corrected chi connectivity index (χ1v) is 14.1. The molecule has 3 aromatic carbocycles. The maximum absolute atomic E-state index is 13.3. The summed E-state index contributed by atoms with van der Waals surface area (Å²) < 4.78 is 52.2. The summed E-state index contributed by atoms with van der Waals surface area (Å²) in [5, 5.41) is 9.77. The zero-order chi connectivity index (χ0) is 27.4. The molecular formula is C23H22ClN3O8S2. The predicted molar refractivity (Wildman–Crippen MR) is 138 cm³/mol. The molecule has 0 aliphatic rings. The summed E-state index contributed by atoms with van der Waals surface area (Å²) in [7, 11) is -7.12. The summed E-state index contributed by atoms with van der Waals surface area (Å²) in [4.78, 5) is 30.5. The highest BCUT2D eigenvalue weighted by Crippen LogP contribution is 2.28. The number of carboxylic acid groups (broad SMARTS) is 1. The molecule has 0 saturated carbocycles. The fourth-order valence-corrected chi connectivity index (χ4v) is 5.24. The van der Waals surface area contributed by atoms with Gasteiger partial charge in [0.1, 0.15) is 0 Å². The van der Waals surface area contributed by atoms with Crippen molar-refractivity contribution in [2.45, 2.75) is 11.4 Å². The van der Waals surface area contributed by atoms with E-state index in [2.05, 4.69) is 0 Å². The molecule has 0 heterocycles. The van der Waals surface area contributed by atoms with Crippen LogP contribution in [-0.2, 0) is 31.4 Å². The van der Waals surface area contributed by atoms with Crippen molar-refractivity contribution in [1.82, 2.24) is 4.72 Å². The number of rotatable bonds is 9. The Morgan fingerprint density at radius 2 is 1.59 bits per heavy atom. The van der Waals surface area contributed by atoms with Gasteiger partial charge in [-0.15, -0.1) is 4.47 Å². The van der Waals surface area contributed by atoms with Crippen molar-refractivity contribution in [3.8, 4) is 0 Å². The SMILES string of the molecule is CON(c1ccc(S(=O)(=O)NC(=O)N(Cc2ccccc2)c2cc(Cl)ccc2C(=O)O)cc1)S(C)(=O)=O. The van der Waals surface area contributed by atoms with Crippen LogP contribution in [0.1, 0.15) is 15.9 Å². The first kappa shape index (κ1) is 27.9. The minimum Gasteiger partial charge on any atom is -0.478 e. The molecule has 0 atom stereocenters. The molecule has 14 heteroatoms. The third kappa shape index (κ3) is 6.77. The zero-order valence-corrected chi connectivity index (χ0v) is 21.9. The van der Waals surface area contributed by atoms with Crippen LogP contribution >= 0.6 is 11.6 Å². The number of benzene rings is 3. The van der Waals surface area contributed by atoms with E-state index in [1.165, 1.54) is 30.3 Å². The van der Waals surface area contributed by atoms with Crippen LogP contribution in [0, 0.1) is 0 Å². The van der Waals surface area contributed by atoms with Crippen LogP contribution in [0.25, 0.3) is 0 Å². The van der Waals surface area contributed by atoms with Crippen LogP contribution in [-0.4, -0.2) is 47.3 Å². The van der Waals surface area contributed by atoms with Crippen molar-refractivity contribution >= 4 is 55.0 Å². The average molecular weight is 568 g/mol. The summed E-state index contributed by atoms with van der Waals surface area (Å²) in [6, 6.07) is 15.7. The molecule has 0 unspecified atom stereocenters. The standard InChI is InChI=1S/C23H22ClN3O8S2/c1-35-27(36(2,31)32)18-9-11-19(12-10-18)37(33,34)25-23(30)26(15-16-6-4-3-5-7-16)21-14-17(24)8-13-20(21)22(28)29/h3-14H,15H2,1-2H3,(H,25,30)(H,28,29). The first-order chi connectivity index (χ1) is 17.3. The Balaban J connectivity index is 1.97. The molecule has 37 heavy (non-hydrogen) atoms. The molecule has 2 amide bonds. The number of nitrogens with one attached hydrogen (secondary N) is 1. The summed E-state index contributed by atoms with van der Waals surface area (Å²) in [6.45, 7) is -0.168. The molecule has 0 bridgehead atoms. The number of hydrogen-bond donors (Lipinski definition) is 2. The van der Waals surface area contributed by atoms with E-state index < -0.39 is 32.0 Å². The van der Waals surface area contributed by atoms with E-state index in [0.29, 0.717) is 10.0 Å². The van der Waals surface area contributed by atoms with Crippen LogP contribution in [0.4, 0.5) is 16.2 Å². The highest BCUT2D eigenvalue weighted by molar-refractivity contribution is 7.91. The number of carbonyl (C=O) groups is 2. The molecule has 11 nitrogen and oxygen atoms in total. The van der Waals surface area contributed by atoms with Crippen molar-refractivity contribution in [3.63, 3.8) is 0 Å². The van der Waals surface area contributed by atoms with Gasteiger partial charge in [0.25, 0.3) is 20.0 Å². The summed E-state index contributed by atoms with van der Waals surface area (Å²) in [6.07, 6.45) is 0.907. The number of hydrogen-bond acceptors (Lipinski definition) is 7. The molecule has 0 fully saturated rings. The number of halogens is 1. The summed E-state index contributed by atoms with van der Waals surface area (Å²) in [5.41, 5.74) is 0.246. The molecule has 0 aromatic heterocycles. The number of anilines is 2. The monoisotopic (exact) mass is 567 g/mol. The second-order valence-electron chi connectivity index (χ2n) is 7.62. The minimum absolute atomic E-state index is 0.0333. The second kappa shape index (κ2) is 11.2. The van der Waals surface area contributed by atoms with E-state index in [4.69, 9.17) is 16.4 Å². The number of carbonyl (C=O) groups excluding carboxylic acids is 1. The van der Waals surface area contributed by atoms with Gasteiger partial charge in [0.05, 0.1) is 41.7 Å². The quantitative estimate of drug-likeness (QED) is 0.373. The molecule has 0 aliphatic carbocycles. The fraction of sp³-hybridized carbons (Fsp3) is 0.130. The third-order valence-electron chi connectivity index (χ3n) is 4.96. The van der Waals surface area contributed by atoms with Gasteiger partial charge in [0.2, 0.25) is 0 Å². The van der Waals surface area contributed by atoms with Gasteiger partial charge in [0.15, 0.2) is 0 Å². The van der Waals surface area contributed by atoms with E-state index in [1.807, 2.05) is 4.72 Å². The van der Waals surface area contributed by atoms with Crippen molar-refractivity contribution in [3.05, 3.63) is 88.9 Å². The van der Waals surface area contributed by atoms with E-state index in [9.17, 15) is 31.5 Å². The largest absolute Gasteiger partial charge is 0.478 e. The van der Waals surface area contributed by atoms with Crippen molar-refractivity contribution in [1.29, 1.82) is 0 Å². The Morgan fingerprint density at radius 1 is 0.973 bits per heavy atom. The van der Waals surface area contributed by atoms with Crippen LogP contribution < -0.4 is 14.1 Å². The van der Waals surface area contributed by atoms with Gasteiger partial charge in [-0.3, -0.25) is 9.74 Å². The Labute approximate surface area is 218 Å². The van der Waals surface area contributed by atoms with Crippen LogP contribution in [0.5, 0.6) is 0 Å². The lowest BCUT2D eigenvalue weighted by atomic mass is 10.1. The van der Waals surface area contributed by atoms with Gasteiger partial charge in [-0.25, -0.2) is 31.1 Å². The Morgan fingerprint density at radius 3 is 2.14 bits per heavy atom. The summed E-state index contributed by atoms with van der Waals surface area (Å²) >= 11 is 6.06. The van der Waals surface area contributed by atoms with E-state index in [1.54, 1.807) is 30.3 Å². The van der Waals surface area contributed by atoms with E-state index >= 15 is 0 Å². The lowest BCUT2D eigenvalue weighted by molar-refractivity contribution is 0.0697. The van der Waals surface area contributed by atoms with Crippen molar-refractivity contribution < 1.29 is 36.4 Å². The number of urea groups is 1. The van der Waals surface area contributed by atoms with Gasteiger partial charge in [-0.2, -0.15) is 0 Å². The van der Waals surface area contributed by atoms with Gasteiger partial charge < -0.3 is 5.11 Å². The Kier molecular flexibility index (Phi) is 8.43. The maximum atomic E-state index is 13.3. The van der Waals surface area contributed by atoms with Crippen LogP contribution in [0.15, 0.2) is 77.7 Å². The molecule has 196 valence electrons. The number of sulfonamides is 2. The van der Waals surface area contributed by atoms with E-state index in [-0.39, 0.29) is 33.4 Å². The smallest absolute Gasteiger partial charge is 0.337 e. The number of nitrogens with zero attached hydrogens (tertiary/aromatic N) is 2. The molecule has 2 N–H and O–H groups in total. The van der Waals surface area contributed by atoms with Crippen molar-refractivity contribution in [2.75, 3.05) is 22.7 Å². The number of amides is 2. The number of carboxylic acids is 1. The van der Waals surface area contributed by atoms with Crippen LogP contribution in [0.3, 0.4) is 0 Å². The first-order valence-electron chi connectivity index (χ1n) is 10.4. The molecule has 3 aromatic rings. The lowest BCUT2D eigenvalue weighted by Gasteiger charge is -2.25. The summed E-state index contributed by atoms with van der Waals surface area (Å²) in [5.74, 6) is -1.34. The van der Waals surface area contributed by atoms with Gasteiger partial charge in [-0.05, 0) is 48.0 Å². The second-order valence-corrected chi connectivity index (χ2v) is 11.5. The number of aromatic carboxylic acids is 1. The van der Waals surface area contributed by atoms with Crippen molar-refractivity contribution in [2.24, 2.45) is 0 Å². The lowest BCUT2D eigenvalue weighted by Crippen LogP contribution is -2.43. The minimum atomic E-state index is -4.46. The maximum Gasteiger partial charge on any atom is 0.337 e. The van der Waals surface area contributed by atoms with Gasteiger partial charge in [-0.1, -0.05) is 41.9 Å². The molecule has 0 radical (unpaired) electrons. The Bertz CT molecular complexity index is 1510. The van der Waals surface area contributed by atoms with Crippen LogP contribution in [0.2, 0.25) is 5.02 Å². The van der Waals surface area contributed by atoms with E-state index in [0.717, 1.165) is 30.4 Å². The van der Waals surface area contributed by atoms with Gasteiger partial charge in [0, 0.05) is 5.02 Å². The average Bonchev–Trinajstić information content (AvgIpc) is 2.82. The predicted octanol–water partition coefficient (Wildman–Crippen LogP) is 3.47. The molecular weight excluding hydrogens is 546 g/mol.